The zero-order valence-corrected chi connectivity index (χ0v) is 9.13. The SMILES string of the molecule is CNC(C)/C(C)=C/C1CCC(C)O1. The third kappa shape index (κ3) is 3.12. The summed E-state index contributed by atoms with van der Waals surface area (Å²) in [5.74, 6) is 0. The van der Waals surface area contributed by atoms with Gasteiger partial charge in [-0.15, -0.1) is 0 Å². The van der Waals surface area contributed by atoms with Crippen molar-refractivity contribution in [2.75, 3.05) is 7.05 Å². The van der Waals surface area contributed by atoms with Crippen molar-refractivity contribution in [3.63, 3.8) is 0 Å². The van der Waals surface area contributed by atoms with Gasteiger partial charge in [0.1, 0.15) is 0 Å². The second-order valence-electron chi connectivity index (χ2n) is 3.98. The second kappa shape index (κ2) is 4.77. The Morgan fingerprint density at radius 2 is 2.23 bits per heavy atom. The van der Waals surface area contributed by atoms with E-state index in [1.165, 1.54) is 18.4 Å². The lowest BCUT2D eigenvalue weighted by Crippen LogP contribution is -2.23. The lowest BCUT2D eigenvalue weighted by molar-refractivity contribution is 0.0827. The molecule has 1 aliphatic heterocycles. The molecule has 0 amide bonds. The molecule has 0 aromatic carbocycles. The molecule has 3 atom stereocenters. The van der Waals surface area contributed by atoms with Gasteiger partial charge in [-0.05, 0) is 40.7 Å². The number of nitrogens with one attached hydrogen (secondary N) is 1. The van der Waals surface area contributed by atoms with Gasteiger partial charge in [-0.25, -0.2) is 0 Å². The lowest BCUT2D eigenvalue weighted by atomic mass is 10.1. The van der Waals surface area contributed by atoms with Crippen LogP contribution in [0.3, 0.4) is 0 Å². The van der Waals surface area contributed by atoms with Crippen LogP contribution in [-0.4, -0.2) is 25.3 Å². The minimum absolute atomic E-state index is 0.353. The van der Waals surface area contributed by atoms with E-state index in [4.69, 9.17) is 4.74 Å². The molecule has 2 heteroatoms. The van der Waals surface area contributed by atoms with Crippen LogP contribution in [0.25, 0.3) is 0 Å². The largest absolute Gasteiger partial charge is 0.371 e. The number of hydrogen-bond acceptors (Lipinski definition) is 2. The van der Waals surface area contributed by atoms with Crippen LogP contribution < -0.4 is 5.32 Å². The lowest BCUT2D eigenvalue weighted by Gasteiger charge is -2.13. The molecule has 0 bridgehead atoms. The smallest absolute Gasteiger partial charge is 0.0763 e. The van der Waals surface area contributed by atoms with Gasteiger partial charge in [0, 0.05) is 6.04 Å². The molecule has 0 saturated carbocycles. The van der Waals surface area contributed by atoms with Crippen molar-refractivity contribution >= 4 is 0 Å². The van der Waals surface area contributed by atoms with Gasteiger partial charge in [-0.3, -0.25) is 0 Å². The first kappa shape index (κ1) is 10.7. The van der Waals surface area contributed by atoms with Gasteiger partial charge >= 0.3 is 0 Å². The van der Waals surface area contributed by atoms with E-state index in [-0.39, 0.29) is 0 Å². The molecule has 13 heavy (non-hydrogen) atoms. The number of ether oxygens (including phenoxy) is 1. The summed E-state index contributed by atoms with van der Waals surface area (Å²) in [7, 11) is 1.99. The van der Waals surface area contributed by atoms with Crippen molar-refractivity contribution in [2.45, 2.75) is 51.9 Å². The quantitative estimate of drug-likeness (QED) is 0.677. The average molecular weight is 183 g/mol. The van der Waals surface area contributed by atoms with Gasteiger partial charge < -0.3 is 10.1 Å². The van der Waals surface area contributed by atoms with Gasteiger partial charge in [0.2, 0.25) is 0 Å². The minimum atomic E-state index is 0.353. The Labute approximate surface area is 81.4 Å². The molecule has 1 saturated heterocycles. The highest BCUT2D eigenvalue weighted by Crippen LogP contribution is 2.21. The van der Waals surface area contributed by atoms with Crippen LogP contribution in [0.5, 0.6) is 0 Å². The van der Waals surface area contributed by atoms with E-state index in [2.05, 4.69) is 32.2 Å². The molecule has 1 heterocycles. The summed E-state index contributed by atoms with van der Waals surface area (Å²) in [6, 6.07) is 0.458. The van der Waals surface area contributed by atoms with Crippen molar-refractivity contribution in [1.82, 2.24) is 5.32 Å². The fourth-order valence-electron chi connectivity index (χ4n) is 1.62. The van der Waals surface area contributed by atoms with Crippen molar-refractivity contribution < 1.29 is 4.74 Å². The molecule has 0 spiro atoms. The summed E-state index contributed by atoms with van der Waals surface area (Å²) in [4.78, 5) is 0. The summed E-state index contributed by atoms with van der Waals surface area (Å²) < 4.78 is 5.72. The van der Waals surface area contributed by atoms with Crippen LogP contribution in [0.15, 0.2) is 11.6 Å². The van der Waals surface area contributed by atoms with Gasteiger partial charge in [0.05, 0.1) is 12.2 Å². The zero-order chi connectivity index (χ0) is 9.84. The summed E-state index contributed by atoms with van der Waals surface area (Å²) in [5, 5.41) is 3.23. The van der Waals surface area contributed by atoms with Gasteiger partial charge in [-0.2, -0.15) is 0 Å². The highest BCUT2D eigenvalue weighted by molar-refractivity contribution is 5.09. The zero-order valence-electron chi connectivity index (χ0n) is 9.13. The molecule has 76 valence electrons. The Morgan fingerprint density at radius 1 is 1.54 bits per heavy atom. The van der Waals surface area contributed by atoms with Crippen LogP contribution in [0.1, 0.15) is 33.6 Å². The van der Waals surface area contributed by atoms with Crippen LogP contribution >= 0.6 is 0 Å². The first-order valence-electron chi connectivity index (χ1n) is 5.14. The third-order valence-electron chi connectivity index (χ3n) is 2.83. The summed E-state index contributed by atoms with van der Waals surface area (Å²) in [5.41, 5.74) is 1.38. The summed E-state index contributed by atoms with van der Waals surface area (Å²) in [6.45, 7) is 6.47. The van der Waals surface area contributed by atoms with Crippen molar-refractivity contribution in [1.29, 1.82) is 0 Å². The predicted octanol–water partition coefficient (Wildman–Crippen LogP) is 2.11. The predicted molar refractivity (Wildman–Crippen MR) is 55.8 cm³/mol. The molecule has 0 aromatic rings. The molecule has 0 aliphatic carbocycles. The maximum Gasteiger partial charge on any atom is 0.0763 e. The van der Waals surface area contributed by atoms with Crippen LogP contribution in [0.4, 0.5) is 0 Å². The molecule has 1 fully saturated rings. The van der Waals surface area contributed by atoms with E-state index in [1.54, 1.807) is 0 Å². The van der Waals surface area contributed by atoms with Gasteiger partial charge in [-0.1, -0.05) is 11.6 Å². The second-order valence-corrected chi connectivity index (χ2v) is 3.98. The molecule has 3 unspecified atom stereocenters. The summed E-state index contributed by atoms with van der Waals surface area (Å²) in [6.07, 6.45) is 5.42. The highest BCUT2D eigenvalue weighted by atomic mass is 16.5. The van der Waals surface area contributed by atoms with Crippen LogP contribution in [0.2, 0.25) is 0 Å². The maximum absolute atomic E-state index is 5.72. The average Bonchev–Trinajstić information content (AvgIpc) is 2.49. The fraction of sp³-hybridized carbons (Fsp3) is 0.818. The molecular weight excluding hydrogens is 162 g/mol. The van der Waals surface area contributed by atoms with Crippen molar-refractivity contribution in [3.05, 3.63) is 11.6 Å². The van der Waals surface area contributed by atoms with Crippen molar-refractivity contribution in [3.8, 4) is 0 Å². The monoisotopic (exact) mass is 183 g/mol. The van der Waals surface area contributed by atoms with Gasteiger partial charge in [0.25, 0.3) is 0 Å². The Balaban J connectivity index is 2.45. The Kier molecular flexibility index (Phi) is 3.94. The maximum atomic E-state index is 5.72. The van der Waals surface area contributed by atoms with Crippen LogP contribution in [-0.2, 0) is 4.74 Å². The number of likely N-dealkylation sites (N-methyl/N-ethyl adjacent to an activating group) is 1. The normalized spacial score (nSPS) is 32.2. The van der Waals surface area contributed by atoms with E-state index in [9.17, 15) is 0 Å². The van der Waals surface area contributed by atoms with E-state index in [1.807, 2.05) is 7.05 Å². The van der Waals surface area contributed by atoms with Crippen LogP contribution in [0, 0.1) is 0 Å². The first-order chi connectivity index (χ1) is 6.13. The van der Waals surface area contributed by atoms with E-state index in [0.29, 0.717) is 18.2 Å². The minimum Gasteiger partial charge on any atom is -0.371 e. The van der Waals surface area contributed by atoms with E-state index >= 15 is 0 Å². The topological polar surface area (TPSA) is 21.3 Å². The third-order valence-corrected chi connectivity index (χ3v) is 2.83. The molecule has 1 rings (SSSR count). The standard InChI is InChI=1S/C11H21NO/c1-8(10(3)12-4)7-11-6-5-9(2)13-11/h7,9-12H,5-6H2,1-4H3/b8-7+. The Morgan fingerprint density at radius 3 is 2.69 bits per heavy atom. The number of hydrogen-bond donors (Lipinski definition) is 1. The molecule has 1 aliphatic rings. The van der Waals surface area contributed by atoms with Gasteiger partial charge in [0.15, 0.2) is 0 Å². The molecular formula is C11H21NO. The molecule has 0 radical (unpaired) electrons. The first-order valence-corrected chi connectivity index (χ1v) is 5.14. The fourth-order valence-corrected chi connectivity index (χ4v) is 1.62. The van der Waals surface area contributed by atoms with E-state index in [0.717, 1.165) is 0 Å². The summed E-state index contributed by atoms with van der Waals surface area (Å²) >= 11 is 0. The molecule has 2 nitrogen and oxygen atoms in total. The molecule has 1 N–H and O–H groups in total. The Bertz CT molecular complexity index is 189. The number of rotatable bonds is 3. The van der Waals surface area contributed by atoms with E-state index < -0.39 is 0 Å². The van der Waals surface area contributed by atoms with Crippen molar-refractivity contribution in [2.24, 2.45) is 0 Å². The molecule has 0 aromatic heterocycles. The Hall–Kier alpha value is -0.340. The highest BCUT2D eigenvalue weighted by Gasteiger charge is 2.20.